The summed E-state index contributed by atoms with van der Waals surface area (Å²) in [6.45, 7) is 0.136. The number of aromatic nitrogens is 1. The van der Waals surface area contributed by atoms with E-state index in [1.807, 2.05) is 30.3 Å². The van der Waals surface area contributed by atoms with Crippen LogP contribution in [-0.4, -0.2) is 49.2 Å². The summed E-state index contributed by atoms with van der Waals surface area (Å²) < 4.78 is 29.8. The number of benzene rings is 3. The van der Waals surface area contributed by atoms with Gasteiger partial charge in [-0.25, -0.2) is 17.9 Å². The molecule has 0 fully saturated rings. The van der Waals surface area contributed by atoms with Crippen molar-refractivity contribution in [1.82, 2.24) is 15.4 Å². The largest absolute Gasteiger partial charge is 0.619 e. The van der Waals surface area contributed by atoms with Crippen LogP contribution in [0.2, 0.25) is 0 Å². The Bertz CT molecular complexity index is 1900. The topological polar surface area (TPSA) is 218 Å². The number of nitrogens with one attached hydrogen (secondary N) is 4. The fraction of sp³-hybridized carbons (Fsp3) is 0.250. The molecule has 0 saturated heterocycles. The van der Waals surface area contributed by atoms with Gasteiger partial charge < -0.3 is 26.7 Å². The molecule has 0 aliphatic heterocycles. The Hall–Kier alpha value is -5.60. The Morgan fingerprint density at radius 2 is 1.50 bits per heavy atom. The molecule has 2 atom stereocenters. The maximum absolute atomic E-state index is 13.8. The summed E-state index contributed by atoms with van der Waals surface area (Å²) in [7, 11) is -4.17. The molecule has 50 heavy (non-hydrogen) atoms. The molecule has 0 saturated carbocycles. The lowest BCUT2D eigenvalue weighted by Gasteiger charge is -2.23. The molecule has 7 N–H and O–H groups in total. The van der Waals surface area contributed by atoms with Crippen LogP contribution in [0.25, 0.3) is 0 Å². The van der Waals surface area contributed by atoms with E-state index in [0.717, 1.165) is 11.1 Å². The van der Waals surface area contributed by atoms with Crippen molar-refractivity contribution in [2.24, 2.45) is 5.73 Å². The number of nitrogens with two attached hydrogens (primary N) is 1. The van der Waals surface area contributed by atoms with Gasteiger partial charge in [0.25, 0.3) is 0 Å². The first kappa shape index (κ1) is 37.2. The highest BCUT2D eigenvalue weighted by Gasteiger charge is 2.29. The second kappa shape index (κ2) is 17.7. The summed E-state index contributed by atoms with van der Waals surface area (Å²) in [4.78, 5) is 38.8. The van der Waals surface area contributed by atoms with Gasteiger partial charge in [-0.15, -0.1) is 0 Å². The van der Waals surface area contributed by atoms with Crippen molar-refractivity contribution >= 4 is 33.6 Å². The number of hydrogen-bond acceptors (Lipinski definition) is 7. The quantitative estimate of drug-likeness (QED) is 0.0391. The number of carbonyl (C=O) groups excluding carboxylic acids is 2. The number of nitrogens with zero attached hydrogens (tertiary/aromatic N) is 1. The molecule has 0 radical (unpaired) electrons. The maximum atomic E-state index is 13.8. The Morgan fingerprint density at radius 3 is 2.18 bits per heavy atom. The smallest absolute Gasteiger partial charge is 0.335 e. The lowest BCUT2D eigenvalue weighted by atomic mass is 10.0. The van der Waals surface area contributed by atoms with E-state index in [9.17, 15) is 33.1 Å². The highest BCUT2D eigenvalue weighted by molar-refractivity contribution is 7.88. The molecule has 4 rings (SSSR count). The second-order valence-corrected chi connectivity index (χ2v) is 13.6. The first-order valence-electron chi connectivity index (χ1n) is 15.9. The van der Waals surface area contributed by atoms with E-state index in [2.05, 4.69) is 15.4 Å². The lowest BCUT2D eigenvalue weighted by Crippen LogP contribution is -2.53. The average molecular weight is 701 g/mol. The molecule has 0 aliphatic carbocycles. The predicted octanol–water partition coefficient (Wildman–Crippen LogP) is 2.55. The van der Waals surface area contributed by atoms with Gasteiger partial charge in [-0.1, -0.05) is 66.7 Å². The van der Waals surface area contributed by atoms with Crippen LogP contribution < -0.4 is 25.8 Å². The number of amides is 2. The number of hydrogen-bond donors (Lipinski definition) is 6. The minimum atomic E-state index is -4.17. The van der Waals surface area contributed by atoms with E-state index in [-0.39, 0.29) is 36.3 Å². The van der Waals surface area contributed by atoms with Gasteiger partial charge in [0.1, 0.15) is 17.9 Å². The number of carboxylic acid groups (broad SMARTS) is 1. The summed E-state index contributed by atoms with van der Waals surface area (Å²) >= 11 is 0. The summed E-state index contributed by atoms with van der Waals surface area (Å²) in [6.07, 6.45) is 4.17. The fourth-order valence-corrected chi connectivity index (χ4v) is 6.65. The molecule has 1 heterocycles. The zero-order valence-corrected chi connectivity index (χ0v) is 28.1. The molecule has 0 aliphatic rings. The molecule has 262 valence electrons. The van der Waals surface area contributed by atoms with Crippen molar-refractivity contribution in [3.63, 3.8) is 0 Å². The number of sulfonamides is 1. The fourth-order valence-electron chi connectivity index (χ4n) is 5.29. The van der Waals surface area contributed by atoms with Crippen molar-refractivity contribution < 1.29 is 32.6 Å². The highest BCUT2D eigenvalue weighted by atomic mass is 32.2. The van der Waals surface area contributed by atoms with Crippen molar-refractivity contribution in [3.8, 4) is 0 Å². The van der Waals surface area contributed by atoms with Gasteiger partial charge in [0.05, 0.1) is 11.3 Å². The number of amidine groups is 1. The first-order chi connectivity index (χ1) is 23.9. The summed E-state index contributed by atoms with van der Waals surface area (Å²) in [5.74, 6) is -3.04. The molecule has 1 aromatic heterocycles. The van der Waals surface area contributed by atoms with Crippen LogP contribution in [0.1, 0.15) is 57.4 Å². The number of rotatable bonds is 18. The normalized spacial score (nSPS) is 12.4. The number of pyridine rings is 1. The van der Waals surface area contributed by atoms with Gasteiger partial charge in [-0.05, 0) is 67.0 Å². The first-order valence-corrected chi connectivity index (χ1v) is 17.6. The maximum Gasteiger partial charge on any atom is 0.335 e. The molecular formula is C36H40N6O7S. The standard InChI is InChI=1S/C36H40N6O7S/c37-33(38)29-17-14-26(15-18-29)22-39-34(43)31(19-16-25-7-2-1-3-8-25)40-35(44)32(13-5-9-27-11-6-20-42(47)23-27)41-50(48,49)24-28-10-4-12-30(21-28)36(45)46/h1-4,6-8,10-12,14-15,17-18,20-21,23,31-32,41H,5,9,13,16,19,22,24H2,(H3,37,38)(H,39,43)(H,40,44)(H,45,46). The molecule has 14 heteroatoms. The van der Waals surface area contributed by atoms with Gasteiger partial charge >= 0.3 is 5.97 Å². The van der Waals surface area contributed by atoms with E-state index in [1.165, 1.54) is 36.7 Å². The predicted molar refractivity (Wildman–Crippen MR) is 187 cm³/mol. The van der Waals surface area contributed by atoms with E-state index >= 15 is 0 Å². The third kappa shape index (κ3) is 11.8. The Kier molecular flexibility index (Phi) is 13.2. The van der Waals surface area contributed by atoms with E-state index in [0.29, 0.717) is 35.1 Å². The van der Waals surface area contributed by atoms with Crippen LogP contribution in [-0.2, 0) is 44.8 Å². The summed E-state index contributed by atoms with van der Waals surface area (Å²) in [5.41, 5.74) is 8.60. The van der Waals surface area contributed by atoms with Crippen LogP contribution in [0.3, 0.4) is 0 Å². The monoisotopic (exact) mass is 700 g/mol. The summed E-state index contributed by atoms with van der Waals surface area (Å²) in [6, 6.07) is 22.7. The molecule has 3 aromatic carbocycles. The molecule has 0 bridgehead atoms. The van der Waals surface area contributed by atoms with Crippen molar-refractivity contribution in [2.75, 3.05) is 0 Å². The number of aromatic carboxylic acids is 1. The van der Waals surface area contributed by atoms with Crippen LogP contribution in [0.15, 0.2) is 103 Å². The third-order valence-electron chi connectivity index (χ3n) is 7.89. The summed E-state index contributed by atoms with van der Waals surface area (Å²) in [5, 5.41) is 34.2. The Morgan fingerprint density at radius 1 is 0.800 bits per heavy atom. The zero-order chi connectivity index (χ0) is 36.1. The van der Waals surface area contributed by atoms with Gasteiger partial charge in [-0.2, -0.15) is 4.73 Å². The second-order valence-electron chi connectivity index (χ2n) is 11.8. The van der Waals surface area contributed by atoms with Gasteiger partial charge in [-0.3, -0.25) is 15.0 Å². The average Bonchev–Trinajstić information content (AvgIpc) is 3.09. The molecule has 13 nitrogen and oxygen atoms in total. The number of nitrogen functional groups attached to an aromatic ring is 1. The van der Waals surface area contributed by atoms with Gasteiger partial charge in [0.2, 0.25) is 21.8 Å². The molecule has 2 unspecified atom stereocenters. The highest BCUT2D eigenvalue weighted by Crippen LogP contribution is 2.13. The van der Waals surface area contributed by atoms with Gasteiger partial charge in [0.15, 0.2) is 12.4 Å². The molecule has 2 amide bonds. The molecular weight excluding hydrogens is 660 g/mol. The van der Waals surface area contributed by atoms with E-state index in [4.69, 9.17) is 11.1 Å². The van der Waals surface area contributed by atoms with Crippen LogP contribution in [0.5, 0.6) is 0 Å². The SMILES string of the molecule is N=C(N)c1ccc(CNC(=O)C(CCc2ccccc2)NC(=O)C(CCCc2ccc[n+]([O-])c2)NS(=O)(=O)Cc2cccc(C(=O)O)c2)cc1. The minimum Gasteiger partial charge on any atom is -0.619 e. The Labute approximate surface area is 290 Å². The number of aryl methyl sites for hydroxylation is 2. The Balaban J connectivity index is 1.52. The van der Waals surface area contributed by atoms with Crippen molar-refractivity contribution in [2.45, 2.75) is 56.5 Å². The number of carboxylic acids is 1. The lowest BCUT2D eigenvalue weighted by molar-refractivity contribution is -0.605. The van der Waals surface area contributed by atoms with Crippen LogP contribution in [0, 0.1) is 10.6 Å². The molecule has 0 spiro atoms. The third-order valence-corrected chi connectivity index (χ3v) is 9.25. The van der Waals surface area contributed by atoms with Crippen LogP contribution >= 0.6 is 0 Å². The van der Waals surface area contributed by atoms with Crippen molar-refractivity contribution in [1.29, 1.82) is 5.41 Å². The zero-order valence-electron chi connectivity index (χ0n) is 27.2. The van der Waals surface area contributed by atoms with E-state index in [1.54, 1.807) is 36.4 Å². The minimum absolute atomic E-state index is 0.0451. The number of carbonyl (C=O) groups is 3. The van der Waals surface area contributed by atoms with Crippen molar-refractivity contribution in [3.05, 3.63) is 142 Å². The molecule has 4 aromatic rings. The van der Waals surface area contributed by atoms with E-state index < -0.39 is 45.6 Å². The van der Waals surface area contributed by atoms with Gasteiger partial charge in [0, 0.05) is 23.7 Å². The van der Waals surface area contributed by atoms with Crippen LogP contribution in [0.4, 0.5) is 0 Å².